The van der Waals surface area contributed by atoms with E-state index in [2.05, 4.69) is 5.32 Å². The molecule has 0 fully saturated rings. The molecule has 1 heterocycles. The average Bonchev–Trinajstić information content (AvgIpc) is 2.99. The number of fused-ring (bicyclic) bond motifs is 1. The molecule has 0 saturated heterocycles. The van der Waals surface area contributed by atoms with Gasteiger partial charge in [-0.2, -0.15) is 0 Å². The standard InChI is InChI=1S/C20H23NO4S/c1-4-25-20(23)16-13-9-5-6-11-15(13)26-19(16)21-18(22)14-10-7-8-12(2)17(14)24-3/h7-8,10H,4-6,9,11H2,1-3H3,(H,21,22). The molecule has 0 aliphatic heterocycles. The highest BCUT2D eigenvalue weighted by Crippen LogP contribution is 2.39. The molecule has 26 heavy (non-hydrogen) atoms. The molecular weight excluding hydrogens is 350 g/mol. The third kappa shape index (κ3) is 3.46. The van der Waals surface area contributed by atoms with Crippen molar-refractivity contribution in [3.05, 3.63) is 45.3 Å². The minimum absolute atomic E-state index is 0.283. The monoisotopic (exact) mass is 373 g/mol. The number of thiophene rings is 1. The number of benzene rings is 1. The molecule has 0 unspecified atom stereocenters. The van der Waals surface area contributed by atoms with Gasteiger partial charge in [-0.05, 0) is 56.7 Å². The zero-order chi connectivity index (χ0) is 18.7. The smallest absolute Gasteiger partial charge is 0.341 e. The maximum absolute atomic E-state index is 12.9. The van der Waals surface area contributed by atoms with Gasteiger partial charge in [0.05, 0.1) is 24.8 Å². The normalized spacial score (nSPS) is 13.0. The summed E-state index contributed by atoms with van der Waals surface area (Å²) in [5.74, 6) is -0.0999. The van der Waals surface area contributed by atoms with Crippen molar-refractivity contribution in [2.75, 3.05) is 19.0 Å². The molecule has 3 rings (SSSR count). The van der Waals surface area contributed by atoms with Crippen molar-refractivity contribution in [3.63, 3.8) is 0 Å². The van der Waals surface area contributed by atoms with Crippen molar-refractivity contribution < 1.29 is 19.1 Å². The van der Waals surface area contributed by atoms with Gasteiger partial charge in [0.25, 0.3) is 5.91 Å². The Hall–Kier alpha value is -2.34. The van der Waals surface area contributed by atoms with E-state index in [1.807, 2.05) is 19.1 Å². The van der Waals surface area contributed by atoms with Gasteiger partial charge in [-0.15, -0.1) is 11.3 Å². The number of anilines is 1. The highest BCUT2D eigenvalue weighted by atomic mass is 32.1. The van der Waals surface area contributed by atoms with Crippen LogP contribution in [0.3, 0.4) is 0 Å². The number of nitrogens with one attached hydrogen (secondary N) is 1. The second-order valence-corrected chi connectivity index (χ2v) is 7.35. The SMILES string of the molecule is CCOC(=O)c1c(NC(=O)c2cccc(C)c2OC)sc2c1CCCC2. The lowest BCUT2D eigenvalue weighted by molar-refractivity contribution is 0.0526. The first kappa shape index (κ1) is 18.5. The fraction of sp³-hybridized carbons (Fsp3) is 0.400. The van der Waals surface area contributed by atoms with Crippen molar-refractivity contribution in [1.82, 2.24) is 0 Å². The van der Waals surface area contributed by atoms with E-state index in [1.165, 1.54) is 16.2 Å². The minimum atomic E-state index is -0.363. The molecule has 0 atom stereocenters. The van der Waals surface area contributed by atoms with Gasteiger partial charge in [0.1, 0.15) is 10.8 Å². The van der Waals surface area contributed by atoms with Crippen molar-refractivity contribution >= 4 is 28.2 Å². The predicted octanol–water partition coefficient (Wildman–Crippen LogP) is 4.37. The molecule has 1 aromatic heterocycles. The number of aryl methyl sites for hydroxylation is 2. The summed E-state index contributed by atoms with van der Waals surface area (Å²) in [4.78, 5) is 26.5. The van der Waals surface area contributed by atoms with E-state index >= 15 is 0 Å². The largest absolute Gasteiger partial charge is 0.496 e. The zero-order valence-electron chi connectivity index (χ0n) is 15.3. The van der Waals surface area contributed by atoms with Gasteiger partial charge in [0.15, 0.2) is 0 Å². The molecule has 1 aliphatic rings. The van der Waals surface area contributed by atoms with E-state index in [1.54, 1.807) is 20.1 Å². The van der Waals surface area contributed by atoms with E-state index in [4.69, 9.17) is 9.47 Å². The number of ether oxygens (including phenoxy) is 2. The first-order valence-corrected chi connectivity index (χ1v) is 9.65. The fourth-order valence-corrected chi connectivity index (χ4v) is 4.62. The summed E-state index contributed by atoms with van der Waals surface area (Å²) in [5.41, 5.74) is 2.89. The zero-order valence-corrected chi connectivity index (χ0v) is 16.1. The van der Waals surface area contributed by atoms with Gasteiger partial charge in [-0.1, -0.05) is 12.1 Å². The van der Waals surface area contributed by atoms with E-state index in [0.717, 1.165) is 36.8 Å². The Morgan fingerprint density at radius 1 is 1.23 bits per heavy atom. The number of rotatable bonds is 5. The third-order valence-corrected chi connectivity index (χ3v) is 5.75. The average molecular weight is 373 g/mol. The first-order valence-electron chi connectivity index (χ1n) is 8.83. The molecule has 5 nitrogen and oxygen atoms in total. The number of carbonyl (C=O) groups is 2. The summed E-state index contributed by atoms with van der Waals surface area (Å²) < 4.78 is 10.6. The molecule has 0 saturated carbocycles. The van der Waals surface area contributed by atoms with E-state index in [0.29, 0.717) is 28.5 Å². The minimum Gasteiger partial charge on any atom is -0.496 e. The number of carbonyl (C=O) groups excluding carboxylic acids is 2. The lowest BCUT2D eigenvalue weighted by atomic mass is 9.95. The maximum atomic E-state index is 12.9. The lowest BCUT2D eigenvalue weighted by Crippen LogP contribution is -2.16. The number of esters is 1. The molecule has 1 N–H and O–H groups in total. The third-order valence-electron chi connectivity index (χ3n) is 4.54. The molecular formula is C20H23NO4S. The number of amides is 1. The van der Waals surface area contributed by atoms with Crippen LogP contribution in [0.2, 0.25) is 0 Å². The Labute approximate surface area is 157 Å². The number of methoxy groups -OCH3 is 1. The van der Waals surface area contributed by atoms with Crippen LogP contribution >= 0.6 is 11.3 Å². The summed E-state index contributed by atoms with van der Waals surface area (Å²) >= 11 is 1.48. The van der Waals surface area contributed by atoms with Gasteiger partial charge in [0, 0.05) is 4.88 Å². The molecule has 1 aromatic carbocycles. The summed E-state index contributed by atoms with van der Waals surface area (Å²) in [5, 5.41) is 3.50. The van der Waals surface area contributed by atoms with Gasteiger partial charge >= 0.3 is 5.97 Å². The van der Waals surface area contributed by atoms with Crippen LogP contribution in [-0.4, -0.2) is 25.6 Å². The van der Waals surface area contributed by atoms with Crippen molar-refractivity contribution in [3.8, 4) is 5.75 Å². The number of para-hydroxylation sites is 1. The topological polar surface area (TPSA) is 64.6 Å². The fourth-order valence-electron chi connectivity index (χ4n) is 3.35. The van der Waals surface area contributed by atoms with Crippen LogP contribution in [0.1, 0.15) is 56.5 Å². The van der Waals surface area contributed by atoms with Crippen molar-refractivity contribution in [1.29, 1.82) is 0 Å². The van der Waals surface area contributed by atoms with Gasteiger partial charge in [-0.3, -0.25) is 4.79 Å². The summed E-state index contributed by atoms with van der Waals surface area (Å²) in [6.45, 7) is 3.98. The second-order valence-electron chi connectivity index (χ2n) is 6.25. The van der Waals surface area contributed by atoms with Crippen LogP contribution in [0.5, 0.6) is 5.75 Å². The van der Waals surface area contributed by atoms with E-state index in [-0.39, 0.29) is 11.9 Å². The lowest BCUT2D eigenvalue weighted by Gasteiger charge is -2.13. The van der Waals surface area contributed by atoms with Crippen LogP contribution in [0.15, 0.2) is 18.2 Å². The molecule has 138 valence electrons. The molecule has 0 bridgehead atoms. The van der Waals surface area contributed by atoms with Gasteiger partial charge in [0.2, 0.25) is 0 Å². The van der Waals surface area contributed by atoms with Crippen LogP contribution < -0.4 is 10.1 Å². The highest BCUT2D eigenvalue weighted by molar-refractivity contribution is 7.17. The van der Waals surface area contributed by atoms with Crippen molar-refractivity contribution in [2.45, 2.75) is 39.5 Å². The van der Waals surface area contributed by atoms with Gasteiger partial charge < -0.3 is 14.8 Å². The first-order chi connectivity index (χ1) is 12.6. The summed E-state index contributed by atoms with van der Waals surface area (Å²) in [6, 6.07) is 5.43. The molecule has 1 aliphatic carbocycles. The predicted molar refractivity (Wildman–Crippen MR) is 103 cm³/mol. The van der Waals surface area contributed by atoms with Crippen LogP contribution in [0, 0.1) is 6.92 Å². The molecule has 1 amide bonds. The Morgan fingerprint density at radius 3 is 2.73 bits per heavy atom. The quantitative estimate of drug-likeness (QED) is 0.790. The molecule has 6 heteroatoms. The van der Waals surface area contributed by atoms with Gasteiger partial charge in [-0.25, -0.2) is 4.79 Å². The Balaban J connectivity index is 1.97. The summed E-state index contributed by atoms with van der Waals surface area (Å²) in [6.07, 6.45) is 3.95. The Morgan fingerprint density at radius 2 is 2.00 bits per heavy atom. The van der Waals surface area contributed by atoms with E-state index in [9.17, 15) is 9.59 Å². The maximum Gasteiger partial charge on any atom is 0.341 e. The Kier molecular flexibility index (Phi) is 5.61. The highest BCUT2D eigenvalue weighted by Gasteiger charge is 2.28. The molecule has 0 radical (unpaired) electrons. The second kappa shape index (κ2) is 7.91. The molecule has 2 aromatic rings. The van der Waals surface area contributed by atoms with Crippen LogP contribution in [-0.2, 0) is 17.6 Å². The van der Waals surface area contributed by atoms with Crippen molar-refractivity contribution in [2.24, 2.45) is 0 Å². The van der Waals surface area contributed by atoms with Crippen LogP contribution in [0.25, 0.3) is 0 Å². The Bertz CT molecular complexity index is 841. The van der Waals surface area contributed by atoms with E-state index < -0.39 is 0 Å². The van der Waals surface area contributed by atoms with Crippen LogP contribution in [0.4, 0.5) is 5.00 Å². The molecule has 0 spiro atoms. The number of hydrogen-bond acceptors (Lipinski definition) is 5. The summed E-state index contributed by atoms with van der Waals surface area (Å²) in [7, 11) is 1.55. The number of hydrogen-bond donors (Lipinski definition) is 1.